The summed E-state index contributed by atoms with van der Waals surface area (Å²) in [5, 5.41) is 11.0. The average molecular weight is 537 g/mol. The number of alkyl carbamates (subject to hydrolysis) is 1. The van der Waals surface area contributed by atoms with Crippen molar-refractivity contribution in [1.82, 2.24) is 15.1 Å². The second kappa shape index (κ2) is 9.82. The van der Waals surface area contributed by atoms with E-state index in [9.17, 15) is 23.3 Å². The van der Waals surface area contributed by atoms with Gasteiger partial charge in [0, 0.05) is 38.8 Å². The Morgan fingerprint density at radius 1 is 1.19 bits per heavy atom. The molecule has 1 saturated carbocycles. The number of hydrogen-bond donors (Lipinski definition) is 1. The lowest BCUT2D eigenvalue weighted by atomic mass is 9.94. The molecule has 1 aliphatic carbocycles. The zero-order valence-corrected chi connectivity index (χ0v) is 21.3. The van der Waals surface area contributed by atoms with Crippen LogP contribution in [0, 0.1) is 11.3 Å². The molecule has 0 bridgehead atoms. The molecule has 0 radical (unpaired) electrons. The highest BCUT2D eigenvalue weighted by Gasteiger charge is 2.50. The lowest BCUT2D eigenvalue weighted by molar-refractivity contribution is -0.152. The number of carbonyl (C=O) groups excluding carboxylic acids is 2. The molecule has 0 aromatic heterocycles. The fraction of sp³-hybridized carbons (Fsp3) is 0.625. The number of sulfone groups is 1. The molecule has 1 aromatic carbocycles. The Labute approximate surface area is 215 Å². The minimum Gasteiger partial charge on any atom is -0.425 e. The number of rotatable bonds is 6. The summed E-state index contributed by atoms with van der Waals surface area (Å²) >= 11 is 6.19. The van der Waals surface area contributed by atoms with E-state index in [0.29, 0.717) is 32.5 Å². The summed E-state index contributed by atoms with van der Waals surface area (Å²) in [5.74, 6) is -0.246. The highest BCUT2D eigenvalue weighted by molar-refractivity contribution is 7.92. The van der Waals surface area contributed by atoms with Gasteiger partial charge in [0.05, 0.1) is 27.3 Å². The van der Waals surface area contributed by atoms with Gasteiger partial charge in [0.1, 0.15) is 5.54 Å². The van der Waals surface area contributed by atoms with Crippen molar-refractivity contribution in [2.45, 2.75) is 72.5 Å². The molecule has 3 aliphatic heterocycles. The highest BCUT2D eigenvalue weighted by atomic mass is 35.5. The fourth-order valence-corrected chi connectivity index (χ4v) is 7.44. The Bertz CT molecular complexity index is 1180. The van der Waals surface area contributed by atoms with Crippen LogP contribution in [0.25, 0.3) is 0 Å². The standard InChI is InChI=1S/C24H29ClN4O6S/c25-18-3-1-2-4-20(18)36(32,33)17-13-21(35-23(31)27-24(15-26)8-9-24)29(14-17)22(30)19-5-10-28(19)16-6-11-34-12-7-16/h1-4,16-17,19,21H,5-14H2,(H,27,31)/t17-,19?,21+/m1/s1. The van der Waals surface area contributed by atoms with Gasteiger partial charge in [-0.15, -0.1) is 0 Å². The predicted molar refractivity (Wildman–Crippen MR) is 129 cm³/mol. The van der Waals surface area contributed by atoms with Crippen LogP contribution in [0.4, 0.5) is 4.79 Å². The van der Waals surface area contributed by atoms with Gasteiger partial charge in [-0.3, -0.25) is 9.69 Å². The third-order valence-corrected chi connectivity index (χ3v) is 10.3. The Morgan fingerprint density at radius 3 is 2.53 bits per heavy atom. The largest absolute Gasteiger partial charge is 0.425 e. The molecule has 1 unspecified atom stereocenters. The molecule has 194 valence electrons. The lowest BCUT2D eigenvalue weighted by Gasteiger charge is -2.47. The van der Waals surface area contributed by atoms with Crippen molar-refractivity contribution in [1.29, 1.82) is 5.26 Å². The number of nitrogens with zero attached hydrogens (tertiary/aromatic N) is 3. The fourth-order valence-electron chi connectivity index (χ4n) is 5.24. The van der Waals surface area contributed by atoms with E-state index in [1.807, 2.05) is 0 Å². The predicted octanol–water partition coefficient (Wildman–Crippen LogP) is 2.08. The second-order valence-corrected chi connectivity index (χ2v) is 12.5. The van der Waals surface area contributed by atoms with E-state index in [1.54, 1.807) is 12.1 Å². The number of halogens is 1. The maximum absolute atomic E-state index is 13.7. The van der Waals surface area contributed by atoms with Gasteiger partial charge in [-0.1, -0.05) is 23.7 Å². The van der Waals surface area contributed by atoms with Crippen LogP contribution in [0.3, 0.4) is 0 Å². The van der Waals surface area contributed by atoms with E-state index in [1.165, 1.54) is 17.0 Å². The van der Waals surface area contributed by atoms with Crippen molar-refractivity contribution in [3.63, 3.8) is 0 Å². The summed E-state index contributed by atoms with van der Waals surface area (Å²) in [6, 6.07) is 8.09. The first kappa shape index (κ1) is 25.3. The average Bonchev–Trinajstić information content (AvgIpc) is 3.47. The molecule has 12 heteroatoms. The summed E-state index contributed by atoms with van der Waals surface area (Å²) in [7, 11) is -3.90. The molecule has 4 fully saturated rings. The molecule has 3 atom stereocenters. The summed E-state index contributed by atoms with van der Waals surface area (Å²) in [6.45, 7) is 1.98. The molecule has 10 nitrogen and oxygen atoms in total. The maximum Gasteiger partial charge on any atom is 0.410 e. The number of amides is 2. The lowest BCUT2D eigenvalue weighted by Crippen LogP contribution is -2.62. The molecule has 1 aromatic rings. The molecule has 2 amide bonds. The van der Waals surface area contributed by atoms with E-state index in [2.05, 4.69) is 16.3 Å². The van der Waals surface area contributed by atoms with Gasteiger partial charge in [0.25, 0.3) is 0 Å². The third kappa shape index (κ3) is 4.79. The highest BCUT2D eigenvalue weighted by Crippen LogP contribution is 2.37. The summed E-state index contributed by atoms with van der Waals surface area (Å²) < 4.78 is 37.9. The van der Waals surface area contributed by atoms with Crippen molar-refractivity contribution in [2.75, 3.05) is 26.3 Å². The number of nitriles is 1. The topological polar surface area (TPSA) is 129 Å². The van der Waals surface area contributed by atoms with E-state index < -0.39 is 39.0 Å². The van der Waals surface area contributed by atoms with Gasteiger partial charge in [-0.05, 0) is 44.2 Å². The second-order valence-electron chi connectivity index (χ2n) is 9.89. The third-order valence-electron chi connectivity index (χ3n) is 7.63. The van der Waals surface area contributed by atoms with Crippen LogP contribution >= 0.6 is 11.6 Å². The van der Waals surface area contributed by atoms with Crippen molar-refractivity contribution in [3.05, 3.63) is 29.3 Å². The Kier molecular flexibility index (Phi) is 6.89. The maximum atomic E-state index is 13.7. The number of nitrogens with one attached hydrogen (secondary N) is 1. The van der Waals surface area contributed by atoms with Gasteiger partial charge in [0.15, 0.2) is 16.1 Å². The Balaban J connectivity index is 1.36. The summed E-state index contributed by atoms with van der Waals surface area (Å²) in [4.78, 5) is 29.8. The van der Waals surface area contributed by atoms with Gasteiger partial charge in [0.2, 0.25) is 5.91 Å². The first-order valence-corrected chi connectivity index (χ1v) is 14.2. The first-order valence-electron chi connectivity index (χ1n) is 12.3. The molecule has 4 aliphatic rings. The summed E-state index contributed by atoms with van der Waals surface area (Å²) in [5.41, 5.74) is -0.943. The Morgan fingerprint density at radius 2 is 1.92 bits per heavy atom. The molecular formula is C24H29ClN4O6S. The number of benzene rings is 1. The van der Waals surface area contributed by atoms with Gasteiger partial charge < -0.3 is 19.7 Å². The monoisotopic (exact) mass is 536 g/mol. The minimum atomic E-state index is -3.90. The van der Waals surface area contributed by atoms with Crippen LogP contribution in [0.15, 0.2) is 29.2 Å². The molecule has 36 heavy (non-hydrogen) atoms. The molecule has 5 rings (SSSR count). The smallest absolute Gasteiger partial charge is 0.410 e. The number of ether oxygens (including phenoxy) is 2. The molecular weight excluding hydrogens is 508 g/mol. The molecule has 3 saturated heterocycles. The first-order chi connectivity index (χ1) is 17.2. The van der Waals surface area contributed by atoms with Crippen LogP contribution in [0.2, 0.25) is 5.02 Å². The quantitative estimate of drug-likeness (QED) is 0.585. The normalized spacial score (nSPS) is 28.1. The van der Waals surface area contributed by atoms with Crippen LogP contribution in [0.1, 0.15) is 38.5 Å². The van der Waals surface area contributed by atoms with E-state index in [0.717, 1.165) is 19.4 Å². The van der Waals surface area contributed by atoms with Crippen molar-refractivity contribution >= 4 is 33.4 Å². The number of hydrogen-bond acceptors (Lipinski definition) is 8. The van der Waals surface area contributed by atoms with Crippen molar-refractivity contribution in [3.8, 4) is 6.07 Å². The van der Waals surface area contributed by atoms with E-state index in [-0.39, 0.29) is 34.8 Å². The van der Waals surface area contributed by atoms with Crippen molar-refractivity contribution in [2.24, 2.45) is 0 Å². The van der Waals surface area contributed by atoms with Gasteiger partial charge >= 0.3 is 6.09 Å². The number of carbonyl (C=O) groups is 2. The molecule has 0 spiro atoms. The van der Waals surface area contributed by atoms with Gasteiger partial charge in [-0.25, -0.2) is 13.2 Å². The molecule has 1 N–H and O–H groups in total. The van der Waals surface area contributed by atoms with Crippen molar-refractivity contribution < 1.29 is 27.5 Å². The van der Waals surface area contributed by atoms with Gasteiger partial charge in [-0.2, -0.15) is 5.26 Å². The minimum absolute atomic E-state index is 0.0111. The van der Waals surface area contributed by atoms with E-state index in [4.69, 9.17) is 21.1 Å². The van der Waals surface area contributed by atoms with E-state index >= 15 is 0 Å². The summed E-state index contributed by atoms with van der Waals surface area (Å²) in [6.07, 6.45) is 1.42. The zero-order valence-electron chi connectivity index (χ0n) is 19.8. The SMILES string of the molecule is N#CC1(NC(=O)O[C@H]2C[C@@H](S(=O)(=O)c3ccccc3Cl)CN2C(=O)C2CCN2C2CCOCC2)CC1. The zero-order chi connectivity index (χ0) is 25.5. The van der Waals surface area contributed by atoms with Crippen LogP contribution in [-0.4, -0.2) is 85.6 Å². The Hall–Kier alpha value is -2.39. The van der Waals surface area contributed by atoms with Crippen LogP contribution < -0.4 is 5.32 Å². The van der Waals surface area contributed by atoms with Crippen LogP contribution in [0.5, 0.6) is 0 Å². The number of likely N-dealkylation sites (tertiary alicyclic amines) is 2. The molecule has 3 heterocycles. The van der Waals surface area contributed by atoms with Crippen LogP contribution in [-0.2, 0) is 24.1 Å².